The summed E-state index contributed by atoms with van der Waals surface area (Å²) in [4.78, 5) is 0. The van der Waals surface area contributed by atoms with E-state index in [1.165, 1.54) is 0 Å². The van der Waals surface area contributed by atoms with Gasteiger partial charge in [0.25, 0.3) is 0 Å². The molecule has 13 heavy (non-hydrogen) atoms. The summed E-state index contributed by atoms with van der Waals surface area (Å²) in [6.45, 7) is 7.68. The summed E-state index contributed by atoms with van der Waals surface area (Å²) < 4.78 is 11.1. The Bertz CT molecular complexity index is 180. The first-order chi connectivity index (χ1) is 6.16. The lowest BCUT2D eigenvalue weighted by Gasteiger charge is -2.29. The van der Waals surface area contributed by atoms with Gasteiger partial charge in [-0.2, -0.15) is 0 Å². The van der Waals surface area contributed by atoms with Crippen LogP contribution in [0.3, 0.4) is 0 Å². The molecule has 76 valence electrons. The molecular formula is C9H18N2O2. The van der Waals surface area contributed by atoms with Crippen molar-refractivity contribution in [3.8, 4) is 0 Å². The molecule has 4 heteroatoms. The Labute approximate surface area is 79.0 Å². The van der Waals surface area contributed by atoms with E-state index in [2.05, 4.69) is 10.6 Å². The van der Waals surface area contributed by atoms with Crippen molar-refractivity contribution in [1.82, 2.24) is 10.6 Å². The van der Waals surface area contributed by atoms with Gasteiger partial charge in [-0.25, -0.2) is 0 Å². The molecule has 0 spiro atoms. The molecule has 2 aliphatic heterocycles. The highest BCUT2D eigenvalue weighted by Crippen LogP contribution is 2.21. The molecule has 4 nitrogen and oxygen atoms in total. The molecule has 2 heterocycles. The van der Waals surface area contributed by atoms with Gasteiger partial charge in [0.2, 0.25) is 0 Å². The zero-order valence-electron chi connectivity index (χ0n) is 8.30. The molecule has 0 aromatic rings. The molecule has 0 amide bonds. The van der Waals surface area contributed by atoms with Crippen molar-refractivity contribution >= 4 is 0 Å². The Kier molecular flexibility index (Phi) is 2.55. The highest BCUT2D eigenvalue weighted by molar-refractivity contribution is 4.83. The molecule has 1 atom stereocenters. The van der Waals surface area contributed by atoms with Gasteiger partial charge in [-0.15, -0.1) is 0 Å². The molecule has 0 radical (unpaired) electrons. The average molecular weight is 186 g/mol. The standard InChI is InChI=1S/C9H18N2O2/c1-9(2)12-6-8(13-9)5-11-7-3-10-4-7/h7-8,10-11H,3-6H2,1-2H3. The molecule has 2 fully saturated rings. The fraction of sp³-hybridized carbons (Fsp3) is 1.00. The molecule has 0 aliphatic carbocycles. The predicted molar refractivity (Wildman–Crippen MR) is 49.6 cm³/mol. The molecule has 2 rings (SSSR count). The lowest BCUT2D eigenvalue weighted by atomic mass is 10.2. The van der Waals surface area contributed by atoms with Gasteiger partial charge in [0.05, 0.1) is 12.7 Å². The number of rotatable bonds is 3. The number of hydrogen-bond acceptors (Lipinski definition) is 4. The largest absolute Gasteiger partial charge is 0.348 e. The van der Waals surface area contributed by atoms with Crippen molar-refractivity contribution < 1.29 is 9.47 Å². The van der Waals surface area contributed by atoms with Crippen LogP contribution in [0.2, 0.25) is 0 Å². The van der Waals surface area contributed by atoms with Crippen molar-refractivity contribution in [3.63, 3.8) is 0 Å². The van der Waals surface area contributed by atoms with Gasteiger partial charge in [0, 0.05) is 25.7 Å². The average Bonchev–Trinajstić information content (AvgIpc) is 2.27. The minimum Gasteiger partial charge on any atom is -0.348 e. The summed E-state index contributed by atoms with van der Waals surface area (Å²) in [7, 11) is 0. The Morgan fingerprint density at radius 1 is 1.46 bits per heavy atom. The first-order valence-corrected chi connectivity index (χ1v) is 4.91. The molecule has 0 aromatic carbocycles. The zero-order valence-corrected chi connectivity index (χ0v) is 8.30. The highest BCUT2D eigenvalue weighted by Gasteiger charge is 2.32. The van der Waals surface area contributed by atoms with Gasteiger partial charge >= 0.3 is 0 Å². The van der Waals surface area contributed by atoms with Gasteiger partial charge in [0.15, 0.2) is 5.79 Å². The summed E-state index contributed by atoms with van der Waals surface area (Å²) >= 11 is 0. The van der Waals surface area contributed by atoms with Gasteiger partial charge in [-0.3, -0.25) is 0 Å². The van der Waals surface area contributed by atoms with Crippen molar-refractivity contribution in [1.29, 1.82) is 0 Å². The van der Waals surface area contributed by atoms with Crippen molar-refractivity contribution in [2.24, 2.45) is 0 Å². The minimum absolute atomic E-state index is 0.218. The van der Waals surface area contributed by atoms with Gasteiger partial charge < -0.3 is 20.1 Å². The molecule has 1 unspecified atom stereocenters. The maximum absolute atomic E-state index is 5.66. The quantitative estimate of drug-likeness (QED) is 0.635. The third-order valence-corrected chi connectivity index (χ3v) is 2.48. The van der Waals surface area contributed by atoms with Gasteiger partial charge in [0.1, 0.15) is 0 Å². The summed E-state index contributed by atoms with van der Waals surface area (Å²) in [5.41, 5.74) is 0. The van der Waals surface area contributed by atoms with Crippen LogP contribution in [0.15, 0.2) is 0 Å². The maximum atomic E-state index is 5.66. The van der Waals surface area contributed by atoms with Crippen molar-refractivity contribution in [3.05, 3.63) is 0 Å². The third kappa shape index (κ3) is 2.40. The Morgan fingerprint density at radius 3 is 2.69 bits per heavy atom. The van der Waals surface area contributed by atoms with Gasteiger partial charge in [-0.1, -0.05) is 0 Å². The van der Waals surface area contributed by atoms with Crippen molar-refractivity contribution in [2.45, 2.75) is 31.8 Å². The highest BCUT2D eigenvalue weighted by atomic mass is 16.7. The lowest BCUT2D eigenvalue weighted by molar-refractivity contribution is -0.138. The predicted octanol–water partition coefficient (Wildman–Crippen LogP) is -0.301. The van der Waals surface area contributed by atoms with Crippen molar-refractivity contribution in [2.75, 3.05) is 26.2 Å². The van der Waals surface area contributed by atoms with E-state index in [1.54, 1.807) is 0 Å². The smallest absolute Gasteiger partial charge is 0.163 e. The second-order valence-electron chi connectivity index (χ2n) is 4.21. The van der Waals surface area contributed by atoms with E-state index in [1.807, 2.05) is 13.8 Å². The van der Waals surface area contributed by atoms with Crippen LogP contribution in [0.25, 0.3) is 0 Å². The van der Waals surface area contributed by atoms with E-state index in [-0.39, 0.29) is 11.9 Å². The maximum Gasteiger partial charge on any atom is 0.163 e. The fourth-order valence-electron chi connectivity index (χ4n) is 1.59. The topological polar surface area (TPSA) is 42.5 Å². The van der Waals surface area contributed by atoms with Crippen LogP contribution in [-0.2, 0) is 9.47 Å². The second kappa shape index (κ2) is 3.53. The molecule has 0 bridgehead atoms. The summed E-state index contributed by atoms with van der Waals surface area (Å²) in [5, 5.41) is 6.65. The molecule has 2 N–H and O–H groups in total. The summed E-state index contributed by atoms with van der Waals surface area (Å²) in [6, 6.07) is 0.632. The number of hydrogen-bond donors (Lipinski definition) is 2. The monoisotopic (exact) mass is 186 g/mol. The van der Waals surface area contributed by atoms with E-state index in [4.69, 9.17) is 9.47 Å². The zero-order chi connectivity index (χ0) is 9.31. The summed E-state index contributed by atoms with van der Waals surface area (Å²) in [6.07, 6.45) is 0.218. The SMILES string of the molecule is CC1(C)OCC(CNC2CNC2)O1. The minimum atomic E-state index is -0.385. The lowest BCUT2D eigenvalue weighted by Crippen LogP contribution is -2.56. The summed E-state index contributed by atoms with van der Waals surface area (Å²) in [5.74, 6) is -0.385. The van der Waals surface area contributed by atoms with E-state index in [0.29, 0.717) is 12.6 Å². The van der Waals surface area contributed by atoms with E-state index < -0.39 is 0 Å². The van der Waals surface area contributed by atoms with Crippen LogP contribution in [0.4, 0.5) is 0 Å². The van der Waals surface area contributed by atoms with E-state index in [9.17, 15) is 0 Å². The number of ether oxygens (including phenoxy) is 2. The first kappa shape index (κ1) is 9.40. The molecular weight excluding hydrogens is 168 g/mol. The normalized spacial score (nSPS) is 33.2. The fourth-order valence-corrected chi connectivity index (χ4v) is 1.59. The number of nitrogens with one attached hydrogen (secondary N) is 2. The molecule has 0 aromatic heterocycles. The van der Waals surface area contributed by atoms with Crippen LogP contribution in [0, 0.1) is 0 Å². The molecule has 2 aliphatic rings. The van der Waals surface area contributed by atoms with Crippen LogP contribution < -0.4 is 10.6 Å². The van der Waals surface area contributed by atoms with Crippen LogP contribution in [0.5, 0.6) is 0 Å². The Hall–Kier alpha value is -0.160. The molecule has 0 saturated carbocycles. The Morgan fingerprint density at radius 2 is 2.23 bits per heavy atom. The third-order valence-electron chi connectivity index (χ3n) is 2.48. The van der Waals surface area contributed by atoms with Gasteiger partial charge in [-0.05, 0) is 13.8 Å². The van der Waals surface area contributed by atoms with E-state index >= 15 is 0 Å². The Balaban J connectivity index is 1.65. The van der Waals surface area contributed by atoms with Crippen LogP contribution in [-0.4, -0.2) is 44.2 Å². The van der Waals surface area contributed by atoms with Crippen LogP contribution in [0.1, 0.15) is 13.8 Å². The van der Waals surface area contributed by atoms with E-state index in [0.717, 1.165) is 19.6 Å². The molecule has 2 saturated heterocycles. The second-order valence-corrected chi connectivity index (χ2v) is 4.21. The first-order valence-electron chi connectivity index (χ1n) is 4.91. The van der Waals surface area contributed by atoms with Crippen LogP contribution >= 0.6 is 0 Å².